The number of hydrogen-bond donors (Lipinski definition) is 1. The highest BCUT2D eigenvalue weighted by atomic mass is 16.5. The van der Waals surface area contributed by atoms with Gasteiger partial charge in [0.25, 0.3) is 0 Å². The molecule has 0 aliphatic heterocycles. The predicted octanol–water partition coefficient (Wildman–Crippen LogP) is 1.90. The van der Waals surface area contributed by atoms with E-state index in [0.717, 1.165) is 22.4 Å². The Labute approximate surface area is 110 Å². The van der Waals surface area contributed by atoms with Crippen LogP contribution in [0.2, 0.25) is 0 Å². The third-order valence-electron chi connectivity index (χ3n) is 3.05. The van der Waals surface area contributed by atoms with E-state index in [1.165, 1.54) is 6.33 Å². The molecule has 96 valence electrons. The van der Waals surface area contributed by atoms with Gasteiger partial charge in [-0.05, 0) is 23.8 Å². The molecular weight excluding hydrogens is 242 g/mol. The molecule has 0 saturated heterocycles. The van der Waals surface area contributed by atoms with Gasteiger partial charge in [-0.1, -0.05) is 12.1 Å². The van der Waals surface area contributed by atoms with Crippen molar-refractivity contribution in [2.24, 2.45) is 0 Å². The molecule has 0 saturated carbocycles. The number of rotatable bonds is 3. The number of aliphatic hydroxyl groups is 1. The summed E-state index contributed by atoms with van der Waals surface area (Å²) in [4.78, 5) is 4.12. The van der Waals surface area contributed by atoms with Crippen molar-refractivity contribution in [3.8, 4) is 16.9 Å². The lowest BCUT2D eigenvalue weighted by Gasteiger charge is -2.07. The molecule has 0 bridgehead atoms. The van der Waals surface area contributed by atoms with Gasteiger partial charge < -0.3 is 9.84 Å². The first-order valence-corrected chi connectivity index (χ1v) is 5.89. The largest absolute Gasteiger partial charge is 0.497 e. The quantitative estimate of drug-likeness (QED) is 0.776. The predicted molar refractivity (Wildman–Crippen MR) is 70.9 cm³/mol. The first-order chi connectivity index (χ1) is 9.31. The maximum atomic E-state index is 9.41. The third kappa shape index (κ3) is 2.04. The Bertz CT molecular complexity index is 704. The summed E-state index contributed by atoms with van der Waals surface area (Å²) < 4.78 is 6.81. The molecule has 5 heteroatoms. The highest BCUT2D eigenvalue weighted by Crippen LogP contribution is 2.24. The van der Waals surface area contributed by atoms with Crippen LogP contribution in [-0.2, 0) is 6.61 Å². The van der Waals surface area contributed by atoms with Gasteiger partial charge in [0.15, 0.2) is 5.65 Å². The van der Waals surface area contributed by atoms with Crippen LogP contribution in [0.15, 0.2) is 42.9 Å². The summed E-state index contributed by atoms with van der Waals surface area (Å²) in [6, 6.07) is 9.67. The number of benzene rings is 1. The van der Waals surface area contributed by atoms with Crippen molar-refractivity contribution in [3.63, 3.8) is 0 Å². The fourth-order valence-corrected chi connectivity index (χ4v) is 2.05. The van der Waals surface area contributed by atoms with Crippen molar-refractivity contribution >= 4 is 5.65 Å². The Hall–Kier alpha value is -2.40. The van der Waals surface area contributed by atoms with Gasteiger partial charge in [-0.2, -0.15) is 5.10 Å². The number of nitrogens with zero attached hydrogens (tertiary/aromatic N) is 3. The summed E-state index contributed by atoms with van der Waals surface area (Å²) in [6.07, 6.45) is 3.37. The SMILES string of the molecule is COc1ccc(-c2cc(CO)c3ncnn3c2)cc1. The minimum Gasteiger partial charge on any atom is -0.497 e. The van der Waals surface area contributed by atoms with Crippen LogP contribution in [0.4, 0.5) is 0 Å². The van der Waals surface area contributed by atoms with E-state index in [4.69, 9.17) is 4.74 Å². The van der Waals surface area contributed by atoms with E-state index in [-0.39, 0.29) is 6.61 Å². The molecule has 2 heterocycles. The average Bonchev–Trinajstić information content (AvgIpc) is 2.94. The maximum absolute atomic E-state index is 9.41. The van der Waals surface area contributed by atoms with E-state index in [2.05, 4.69) is 10.1 Å². The molecule has 0 unspecified atom stereocenters. The van der Waals surface area contributed by atoms with Crippen LogP contribution >= 0.6 is 0 Å². The lowest BCUT2D eigenvalue weighted by atomic mass is 10.1. The van der Waals surface area contributed by atoms with Crippen molar-refractivity contribution < 1.29 is 9.84 Å². The van der Waals surface area contributed by atoms with Crippen molar-refractivity contribution in [1.29, 1.82) is 0 Å². The molecule has 5 nitrogen and oxygen atoms in total. The number of ether oxygens (including phenoxy) is 1. The second-order valence-corrected chi connectivity index (χ2v) is 4.17. The molecule has 3 rings (SSSR count). The van der Waals surface area contributed by atoms with Gasteiger partial charge in [0.2, 0.25) is 0 Å². The summed E-state index contributed by atoms with van der Waals surface area (Å²) in [5, 5.41) is 13.5. The molecule has 0 spiro atoms. The zero-order chi connectivity index (χ0) is 13.2. The molecule has 0 atom stereocenters. The molecule has 1 aromatic carbocycles. The van der Waals surface area contributed by atoms with E-state index in [9.17, 15) is 5.11 Å². The van der Waals surface area contributed by atoms with E-state index < -0.39 is 0 Å². The Morgan fingerprint density at radius 2 is 2.00 bits per heavy atom. The molecule has 19 heavy (non-hydrogen) atoms. The number of fused-ring (bicyclic) bond motifs is 1. The van der Waals surface area contributed by atoms with Gasteiger partial charge in [-0.25, -0.2) is 9.50 Å². The number of aromatic nitrogens is 3. The minimum atomic E-state index is -0.0633. The fraction of sp³-hybridized carbons (Fsp3) is 0.143. The van der Waals surface area contributed by atoms with Crippen LogP contribution in [0, 0.1) is 0 Å². The van der Waals surface area contributed by atoms with Crippen LogP contribution in [0.25, 0.3) is 16.8 Å². The first-order valence-electron chi connectivity index (χ1n) is 5.89. The smallest absolute Gasteiger partial charge is 0.160 e. The van der Waals surface area contributed by atoms with Gasteiger partial charge >= 0.3 is 0 Å². The van der Waals surface area contributed by atoms with Crippen LogP contribution < -0.4 is 4.74 Å². The minimum absolute atomic E-state index is 0.0633. The van der Waals surface area contributed by atoms with Crippen molar-refractivity contribution in [1.82, 2.24) is 14.6 Å². The standard InChI is InChI=1S/C14H13N3O2/c1-19-13-4-2-10(3-5-13)11-6-12(8-18)14-15-9-16-17(14)7-11/h2-7,9,18H,8H2,1H3. The number of methoxy groups -OCH3 is 1. The average molecular weight is 255 g/mol. The molecule has 0 radical (unpaired) electrons. The number of aliphatic hydroxyl groups excluding tert-OH is 1. The summed E-state index contributed by atoms with van der Waals surface area (Å²) in [5.41, 5.74) is 3.45. The summed E-state index contributed by atoms with van der Waals surface area (Å²) >= 11 is 0. The molecular formula is C14H13N3O2. The lowest BCUT2D eigenvalue weighted by molar-refractivity contribution is 0.282. The normalized spacial score (nSPS) is 10.8. The third-order valence-corrected chi connectivity index (χ3v) is 3.05. The van der Waals surface area contributed by atoms with Crippen LogP contribution in [0.1, 0.15) is 5.56 Å². The highest BCUT2D eigenvalue weighted by Gasteiger charge is 2.07. The highest BCUT2D eigenvalue weighted by molar-refractivity contribution is 5.67. The van der Waals surface area contributed by atoms with Crippen LogP contribution in [0.3, 0.4) is 0 Å². The number of pyridine rings is 1. The van der Waals surface area contributed by atoms with Crippen molar-refractivity contribution in [2.45, 2.75) is 6.61 Å². The lowest BCUT2D eigenvalue weighted by Crippen LogP contribution is -1.95. The molecule has 0 fully saturated rings. The summed E-state index contributed by atoms with van der Waals surface area (Å²) in [7, 11) is 1.64. The summed E-state index contributed by atoms with van der Waals surface area (Å²) in [5.74, 6) is 0.813. The van der Waals surface area contributed by atoms with Crippen molar-refractivity contribution in [3.05, 3.63) is 48.4 Å². The zero-order valence-electron chi connectivity index (χ0n) is 10.4. The molecule has 0 aliphatic carbocycles. The van der Waals surface area contributed by atoms with Gasteiger partial charge in [0, 0.05) is 17.3 Å². The van der Waals surface area contributed by atoms with Gasteiger partial charge in [0.1, 0.15) is 12.1 Å². The second kappa shape index (κ2) is 4.70. The zero-order valence-corrected chi connectivity index (χ0v) is 10.4. The van der Waals surface area contributed by atoms with E-state index in [1.54, 1.807) is 11.6 Å². The fourth-order valence-electron chi connectivity index (χ4n) is 2.05. The second-order valence-electron chi connectivity index (χ2n) is 4.17. The van der Waals surface area contributed by atoms with Crippen molar-refractivity contribution in [2.75, 3.05) is 7.11 Å². The summed E-state index contributed by atoms with van der Waals surface area (Å²) in [6.45, 7) is -0.0633. The molecule has 0 amide bonds. The Morgan fingerprint density at radius 1 is 1.21 bits per heavy atom. The Morgan fingerprint density at radius 3 is 2.68 bits per heavy atom. The van der Waals surface area contributed by atoms with Gasteiger partial charge in [0.05, 0.1) is 13.7 Å². The van der Waals surface area contributed by atoms with Gasteiger partial charge in [-0.15, -0.1) is 0 Å². The molecule has 3 aromatic rings. The molecule has 0 aliphatic rings. The van der Waals surface area contributed by atoms with E-state index >= 15 is 0 Å². The van der Waals surface area contributed by atoms with Gasteiger partial charge in [-0.3, -0.25) is 0 Å². The van der Waals surface area contributed by atoms with Crippen LogP contribution in [0.5, 0.6) is 5.75 Å². The Balaban J connectivity index is 2.12. The Kier molecular flexibility index (Phi) is 2.89. The van der Waals surface area contributed by atoms with E-state index in [0.29, 0.717) is 5.65 Å². The molecule has 1 N–H and O–H groups in total. The maximum Gasteiger partial charge on any atom is 0.160 e. The topological polar surface area (TPSA) is 59.7 Å². The van der Waals surface area contributed by atoms with Crippen LogP contribution in [-0.4, -0.2) is 26.8 Å². The first kappa shape index (κ1) is 11.7. The monoisotopic (exact) mass is 255 g/mol. The van der Waals surface area contributed by atoms with E-state index in [1.807, 2.05) is 36.5 Å². The number of hydrogen-bond acceptors (Lipinski definition) is 4. The molecule has 2 aromatic heterocycles.